The van der Waals surface area contributed by atoms with Gasteiger partial charge < -0.3 is 19.9 Å². The molecule has 7 heteroatoms. The van der Waals surface area contributed by atoms with Crippen molar-refractivity contribution in [3.8, 4) is 5.75 Å². The van der Waals surface area contributed by atoms with Crippen LogP contribution >= 0.6 is 11.8 Å². The van der Waals surface area contributed by atoms with E-state index in [0.717, 1.165) is 37.5 Å². The zero-order chi connectivity index (χ0) is 21.0. The molecule has 3 amide bonds. The lowest BCUT2D eigenvalue weighted by Crippen LogP contribution is -2.54. The van der Waals surface area contributed by atoms with Crippen LogP contribution in [0.2, 0.25) is 0 Å². The maximum atomic E-state index is 13.0. The smallest absolute Gasteiger partial charge is 0.321 e. The quantitative estimate of drug-likeness (QED) is 0.742. The van der Waals surface area contributed by atoms with Crippen LogP contribution in [0, 0.1) is 5.92 Å². The van der Waals surface area contributed by atoms with Gasteiger partial charge in [0.05, 0.1) is 17.7 Å². The number of rotatable bonds is 5. The van der Waals surface area contributed by atoms with E-state index in [0.29, 0.717) is 36.9 Å². The second kappa shape index (κ2) is 9.50. The highest BCUT2D eigenvalue weighted by molar-refractivity contribution is 8.00. The maximum absolute atomic E-state index is 13.0. The molecule has 1 aromatic carbocycles. The van der Waals surface area contributed by atoms with Crippen LogP contribution in [0.4, 0.5) is 10.5 Å². The number of carbonyl (C=O) groups excluding carboxylic acids is 2. The number of likely N-dealkylation sites (tertiary alicyclic amines) is 1. The lowest BCUT2D eigenvalue weighted by molar-refractivity contribution is -0.134. The molecule has 3 aliphatic rings. The molecule has 1 aromatic rings. The highest BCUT2D eigenvalue weighted by Crippen LogP contribution is 2.44. The molecule has 1 N–H and O–H groups in total. The summed E-state index contributed by atoms with van der Waals surface area (Å²) in [6.07, 6.45) is 8.66. The predicted octanol–water partition coefficient (Wildman–Crippen LogP) is 4.57. The van der Waals surface area contributed by atoms with Crippen molar-refractivity contribution in [2.45, 2.75) is 56.2 Å². The first-order chi connectivity index (χ1) is 14.6. The van der Waals surface area contributed by atoms with Gasteiger partial charge in [0.15, 0.2) is 0 Å². The summed E-state index contributed by atoms with van der Waals surface area (Å²) in [6.45, 7) is 2.18. The van der Waals surface area contributed by atoms with Crippen molar-refractivity contribution in [3.05, 3.63) is 24.3 Å². The summed E-state index contributed by atoms with van der Waals surface area (Å²) in [4.78, 5) is 29.7. The predicted molar refractivity (Wildman–Crippen MR) is 121 cm³/mol. The van der Waals surface area contributed by atoms with E-state index < -0.39 is 0 Å². The fourth-order valence-corrected chi connectivity index (χ4v) is 6.61. The number of methoxy groups -OCH3 is 1. The van der Waals surface area contributed by atoms with Gasteiger partial charge in [0.1, 0.15) is 5.75 Å². The maximum Gasteiger partial charge on any atom is 0.321 e. The van der Waals surface area contributed by atoms with Crippen LogP contribution in [0.15, 0.2) is 24.3 Å². The Bertz CT molecular complexity index is 758. The Hall–Kier alpha value is -1.89. The van der Waals surface area contributed by atoms with Crippen molar-refractivity contribution in [3.63, 3.8) is 0 Å². The number of hydrogen-bond donors (Lipinski definition) is 1. The van der Waals surface area contributed by atoms with E-state index in [1.165, 1.54) is 25.7 Å². The number of piperidine rings is 1. The summed E-state index contributed by atoms with van der Waals surface area (Å²) in [7, 11) is 1.60. The van der Waals surface area contributed by atoms with Gasteiger partial charge in [0.2, 0.25) is 5.91 Å². The standard InChI is InChI=1S/C23H33N3O3S/c1-29-20-9-5-4-8-19(20)24-22(28)25-14-12-23(13-15-25)26(16-17-30-23)21(27)11-10-18-6-2-3-7-18/h4-5,8-9,18H,2-3,6-7,10-17H2,1H3,(H,24,28). The first-order valence-corrected chi connectivity index (χ1v) is 12.2. The van der Waals surface area contributed by atoms with Crippen molar-refractivity contribution in [1.82, 2.24) is 9.80 Å². The Morgan fingerprint density at radius 2 is 1.90 bits per heavy atom. The molecular weight excluding hydrogens is 398 g/mol. The van der Waals surface area contributed by atoms with Gasteiger partial charge >= 0.3 is 6.03 Å². The van der Waals surface area contributed by atoms with Gasteiger partial charge in [-0.3, -0.25) is 4.79 Å². The molecule has 0 atom stereocenters. The molecular formula is C23H33N3O3S. The number of hydrogen-bond acceptors (Lipinski definition) is 4. The summed E-state index contributed by atoms with van der Waals surface area (Å²) < 4.78 is 5.33. The first-order valence-electron chi connectivity index (χ1n) is 11.2. The van der Waals surface area contributed by atoms with Crippen LogP contribution in [0.3, 0.4) is 0 Å². The van der Waals surface area contributed by atoms with E-state index >= 15 is 0 Å². The van der Waals surface area contributed by atoms with Crippen molar-refractivity contribution < 1.29 is 14.3 Å². The molecule has 0 unspecified atom stereocenters. The van der Waals surface area contributed by atoms with Crippen molar-refractivity contribution in [1.29, 1.82) is 0 Å². The van der Waals surface area contributed by atoms with Crippen LogP contribution in [0.25, 0.3) is 0 Å². The van der Waals surface area contributed by atoms with E-state index in [1.54, 1.807) is 7.11 Å². The minimum Gasteiger partial charge on any atom is -0.495 e. The molecule has 0 aromatic heterocycles. The summed E-state index contributed by atoms with van der Waals surface area (Å²) in [5, 5.41) is 2.97. The van der Waals surface area contributed by atoms with E-state index in [1.807, 2.05) is 40.9 Å². The van der Waals surface area contributed by atoms with Crippen LogP contribution in [-0.4, -0.2) is 59.1 Å². The van der Waals surface area contributed by atoms with Crippen LogP contribution in [0.5, 0.6) is 5.75 Å². The van der Waals surface area contributed by atoms with Gasteiger partial charge in [-0.15, -0.1) is 11.8 Å². The van der Waals surface area contributed by atoms with E-state index in [-0.39, 0.29) is 10.9 Å². The molecule has 0 radical (unpaired) electrons. The molecule has 6 nitrogen and oxygen atoms in total. The van der Waals surface area contributed by atoms with Crippen molar-refractivity contribution in [2.24, 2.45) is 5.92 Å². The number of urea groups is 1. The van der Waals surface area contributed by atoms with Crippen molar-refractivity contribution >= 4 is 29.4 Å². The molecule has 0 bridgehead atoms. The summed E-state index contributed by atoms with van der Waals surface area (Å²) in [5.41, 5.74) is 0.684. The Morgan fingerprint density at radius 3 is 2.63 bits per heavy atom. The molecule has 4 rings (SSSR count). The van der Waals surface area contributed by atoms with E-state index in [9.17, 15) is 9.59 Å². The van der Waals surface area contributed by atoms with Gasteiger partial charge in [-0.2, -0.15) is 0 Å². The molecule has 2 heterocycles. The number of ether oxygens (including phenoxy) is 1. The molecule has 30 heavy (non-hydrogen) atoms. The Morgan fingerprint density at radius 1 is 1.17 bits per heavy atom. The summed E-state index contributed by atoms with van der Waals surface area (Å²) in [6, 6.07) is 7.35. The minimum absolute atomic E-state index is 0.101. The lowest BCUT2D eigenvalue weighted by atomic mass is 9.99. The molecule has 3 fully saturated rings. The largest absolute Gasteiger partial charge is 0.495 e. The first kappa shape index (κ1) is 21.3. The van der Waals surface area contributed by atoms with Crippen LogP contribution in [-0.2, 0) is 4.79 Å². The van der Waals surface area contributed by atoms with E-state index in [4.69, 9.17) is 4.74 Å². The SMILES string of the molecule is COc1ccccc1NC(=O)N1CCC2(CC1)SCCN2C(=O)CCC1CCCC1. The number of para-hydroxylation sites is 2. The second-order valence-electron chi connectivity index (χ2n) is 8.65. The number of carbonyl (C=O) groups is 2. The third-order valence-electron chi connectivity index (χ3n) is 6.90. The second-order valence-corrected chi connectivity index (χ2v) is 10.1. The molecule has 1 saturated carbocycles. The third-order valence-corrected chi connectivity index (χ3v) is 8.45. The number of benzene rings is 1. The third kappa shape index (κ3) is 4.56. The number of thioether (sulfide) groups is 1. The van der Waals surface area contributed by atoms with Gasteiger partial charge in [-0.1, -0.05) is 37.8 Å². The summed E-state index contributed by atoms with van der Waals surface area (Å²) in [5.74, 6) is 2.73. The average Bonchev–Trinajstić information content (AvgIpc) is 3.43. The van der Waals surface area contributed by atoms with Gasteiger partial charge in [0.25, 0.3) is 0 Å². The number of anilines is 1. The Kier molecular flexibility index (Phi) is 6.76. The Labute approximate surface area is 183 Å². The molecule has 2 aliphatic heterocycles. The highest BCUT2D eigenvalue weighted by atomic mass is 32.2. The molecule has 164 valence electrons. The molecule has 2 saturated heterocycles. The van der Waals surface area contributed by atoms with E-state index in [2.05, 4.69) is 10.2 Å². The number of nitrogens with one attached hydrogen (secondary N) is 1. The van der Waals surface area contributed by atoms with Crippen LogP contribution in [0.1, 0.15) is 51.4 Å². The summed E-state index contributed by atoms with van der Waals surface area (Å²) >= 11 is 1.91. The van der Waals surface area contributed by atoms with Crippen LogP contribution < -0.4 is 10.1 Å². The topological polar surface area (TPSA) is 61.9 Å². The minimum atomic E-state index is -0.117. The molecule has 1 aliphatic carbocycles. The van der Waals surface area contributed by atoms with Gasteiger partial charge in [-0.05, 0) is 37.3 Å². The van der Waals surface area contributed by atoms with Gasteiger partial charge in [0, 0.05) is 31.8 Å². The van der Waals surface area contributed by atoms with Crippen molar-refractivity contribution in [2.75, 3.05) is 37.8 Å². The fourth-order valence-electron chi connectivity index (χ4n) is 5.14. The fraction of sp³-hybridized carbons (Fsp3) is 0.652. The van der Waals surface area contributed by atoms with Gasteiger partial charge in [-0.25, -0.2) is 4.79 Å². The lowest BCUT2D eigenvalue weighted by Gasteiger charge is -2.44. The monoisotopic (exact) mass is 431 g/mol. The Balaban J connectivity index is 1.31. The zero-order valence-electron chi connectivity index (χ0n) is 17.9. The average molecular weight is 432 g/mol. The molecule has 1 spiro atoms. The number of nitrogens with zero attached hydrogens (tertiary/aromatic N) is 2. The number of amides is 3. The highest BCUT2D eigenvalue weighted by Gasteiger charge is 2.46. The zero-order valence-corrected chi connectivity index (χ0v) is 18.7. The normalized spacial score (nSPS) is 21.2.